The predicted molar refractivity (Wildman–Crippen MR) is 141 cm³/mol. The van der Waals surface area contributed by atoms with Crippen LogP contribution in [0.1, 0.15) is 42.0 Å². The van der Waals surface area contributed by atoms with Gasteiger partial charge in [0.1, 0.15) is 0 Å². The van der Waals surface area contributed by atoms with Crippen molar-refractivity contribution in [1.82, 2.24) is 15.1 Å². The van der Waals surface area contributed by atoms with Crippen LogP contribution in [0.5, 0.6) is 0 Å². The van der Waals surface area contributed by atoms with E-state index in [1.165, 1.54) is 41.0 Å². The van der Waals surface area contributed by atoms with Crippen LogP contribution in [0.15, 0.2) is 42.5 Å². The number of ether oxygens (including phenoxy) is 1. The molecule has 0 bridgehead atoms. The van der Waals surface area contributed by atoms with E-state index >= 15 is 0 Å². The molecule has 2 unspecified atom stereocenters. The first kappa shape index (κ1) is 27.0. The van der Waals surface area contributed by atoms with Gasteiger partial charge in [0.05, 0.1) is 30.9 Å². The van der Waals surface area contributed by atoms with Crippen molar-refractivity contribution in [2.45, 2.75) is 57.6 Å². The van der Waals surface area contributed by atoms with Crippen LogP contribution in [-0.2, 0) is 35.2 Å². The van der Waals surface area contributed by atoms with Gasteiger partial charge in [0.25, 0.3) is 0 Å². The highest BCUT2D eigenvalue weighted by molar-refractivity contribution is 5.81. The third-order valence-corrected chi connectivity index (χ3v) is 7.96. The van der Waals surface area contributed by atoms with Crippen LogP contribution >= 0.6 is 0 Å². The maximum Gasteiger partial charge on any atom is 0.416 e. The zero-order valence-corrected chi connectivity index (χ0v) is 21.9. The van der Waals surface area contributed by atoms with Gasteiger partial charge in [-0.05, 0) is 60.9 Å². The van der Waals surface area contributed by atoms with E-state index in [9.17, 15) is 18.0 Å². The van der Waals surface area contributed by atoms with E-state index < -0.39 is 17.8 Å². The Labute approximate surface area is 222 Å². The molecule has 6 nitrogen and oxygen atoms in total. The molecular formula is C29H37F3N4O2. The van der Waals surface area contributed by atoms with Crippen molar-refractivity contribution in [3.63, 3.8) is 0 Å². The molecule has 38 heavy (non-hydrogen) atoms. The summed E-state index contributed by atoms with van der Waals surface area (Å²) < 4.78 is 47.1. The van der Waals surface area contributed by atoms with Crippen LogP contribution in [0.4, 0.5) is 18.9 Å². The zero-order valence-electron chi connectivity index (χ0n) is 21.9. The summed E-state index contributed by atoms with van der Waals surface area (Å²) >= 11 is 0. The van der Waals surface area contributed by atoms with Crippen LogP contribution in [-0.4, -0.2) is 67.2 Å². The molecule has 9 heteroatoms. The Bertz CT molecular complexity index is 1120. The Morgan fingerprint density at radius 1 is 1.21 bits per heavy atom. The molecule has 0 radical (unpaired) electrons. The van der Waals surface area contributed by atoms with Crippen LogP contribution in [0.25, 0.3) is 0 Å². The fourth-order valence-corrected chi connectivity index (χ4v) is 5.60. The number of benzene rings is 2. The number of alkyl halides is 3. The van der Waals surface area contributed by atoms with Crippen LogP contribution in [0.3, 0.4) is 0 Å². The fourth-order valence-electron chi connectivity index (χ4n) is 5.60. The van der Waals surface area contributed by atoms with Gasteiger partial charge in [0.2, 0.25) is 5.91 Å². The Morgan fingerprint density at radius 3 is 2.76 bits per heavy atom. The summed E-state index contributed by atoms with van der Waals surface area (Å²) in [5, 5.41) is 6.58. The lowest BCUT2D eigenvalue weighted by Gasteiger charge is -2.37. The maximum absolute atomic E-state index is 13.7. The second-order valence-electron chi connectivity index (χ2n) is 10.8. The number of anilines is 1. The van der Waals surface area contributed by atoms with Crippen molar-refractivity contribution in [1.29, 1.82) is 0 Å². The van der Waals surface area contributed by atoms with Gasteiger partial charge in [0, 0.05) is 45.0 Å². The molecule has 1 saturated heterocycles. The molecule has 0 spiro atoms. The average Bonchev–Trinajstić information content (AvgIpc) is 3.74. The van der Waals surface area contributed by atoms with E-state index in [0.29, 0.717) is 19.7 Å². The minimum Gasteiger partial charge on any atom is -0.376 e. The minimum absolute atomic E-state index is 0.000908. The first-order valence-electron chi connectivity index (χ1n) is 13.6. The number of hydrogen-bond acceptors (Lipinski definition) is 5. The number of hydrogen-bond donors (Lipinski definition) is 2. The average molecular weight is 531 g/mol. The highest BCUT2D eigenvalue weighted by atomic mass is 19.4. The summed E-state index contributed by atoms with van der Waals surface area (Å²) in [5.74, 6) is 0.585. The molecule has 2 heterocycles. The Kier molecular flexibility index (Phi) is 8.26. The normalized spacial score (nSPS) is 21.0. The van der Waals surface area contributed by atoms with Gasteiger partial charge in [-0.3, -0.25) is 9.69 Å². The minimum atomic E-state index is -4.49. The van der Waals surface area contributed by atoms with E-state index in [-0.39, 0.29) is 30.7 Å². The molecule has 1 aliphatic carbocycles. The summed E-state index contributed by atoms with van der Waals surface area (Å²) in [6, 6.07) is 11.2. The van der Waals surface area contributed by atoms with Crippen LogP contribution in [0.2, 0.25) is 0 Å². The van der Waals surface area contributed by atoms with Crippen molar-refractivity contribution < 1.29 is 22.7 Å². The molecule has 2 N–H and O–H groups in total. The quantitative estimate of drug-likeness (QED) is 0.507. The Morgan fingerprint density at radius 2 is 2.03 bits per heavy atom. The standard InChI is InChI=1S/C29H37F3N4O2/c1-20(27-15-33-12-14-38-27)36(19-23-5-2-3-7-25(23)29(30,31)32)28(37)16-34-26-8-4-6-22-18-35(13-11-24(22)26)17-21-9-10-21/h2-8,20-21,27,33-34H,9-19H2,1H3. The van der Waals surface area contributed by atoms with Gasteiger partial charge in [-0.2, -0.15) is 13.2 Å². The number of amides is 1. The van der Waals surface area contributed by atoms with Gasteiger partial charge in [-0.15, -0.1) is 0 Å². The number of morpholine rings is 1. The zero-order chi connectivity index (χ0) is 26.7. The van der Waals surface area contributed by atoms with E-state index in [1.807, 2.05) is 19.1 Å². The van der Waals surface area contributed by atoms with E-state index in [0.717, 1.165) is 43.7 Å². The van der Waals surface area contributed by atoms with Gasteiger partial charge in [-0.25, -0.2) is 0 Å². The van der Waals surface area contributed by atoms with Crippen molar-refractivity contribution in [3.05, 3.63) is 64.7 Å². The van der Waals surface area contributed by atoms with E-state index in [1.54, 1.807) is 6.07 Å². The third-order valence-electron chi connectivity index (χ3n) is 7.96. The van der Waals surface area contributed by atoms with Gasteiger partial charge < -0.3 is 20.3 Å². The molecule has 1 saturated carbocycles. The maximum atomic E-state index is 13.7. The lowest BCUT2D eigenvalue weighted by Crippen LogP contribution is -2.53. The molecule has 1 amide bonds. The molecule has 3 aliphatic rings. The van der Waals surface area contributed by atoms with Crippen molar-refractivity contribution >= 4 is 11.6 Å². The van der Waals surface area contributed by atoms with Gasteiger partial charge >= 0.3 is 6.18 Å². The molecule has 206 valence electrons. The van der Waals surface area contributed by atoms with E-state index in [2.05, 4.69) is 21.6 Å². The Hall–Kier alpha value is -2.62. The second-order valence-corrected chi connectivity index (χ2v) is 10.8. The third kappa shape index (κ3) is 6.50. The molecule has 2 aromatic carbocycles. The SMILES string of the molecule is CC(C1CNCCO1)N(Cc1ccccc1C(F)(F)F)C(=O)CNc1cccc2c1CCN(CC1CC1)C2. The molecule has 2 fully saturated rings. The van der Waals surface area contributed by atoms with Crippen molar-refractivity contribution in [2.75, 3.05) is 44.6 Å². The van der Waals surface area contributed by atoms with E-state index in [4.69, 9.17) is 4.74 Å². The van der Waals surface area contributed by atoms with Crippen molar-refractivity contribution in [2.24, 2.45) is 5.92 Å². The molecule has 2 aromatic rings. The second kappa shape index (κ2) is 11.6. The smallest absolute Gasteiger partial charge is 0.376 e. The molecule has 5 rings (SSSR count). The van der Waals surface area contributed by atoms with Gasteiger partial charge in [0.15, 0.2) is 0 Å². The lowest BCUT2D eigenvalue weighted by molar-refractivity contribution is -0.141. The largest absolute Gasteiger partial charge is 0.416 e. The first-order chi connectivity index (χ1) is 18.3. The predicted octanol–water partition coefficient (Wildman–Crippen LogP) is 4.29. The highest BCUT2D eigenvalue weighted by Gasteiger charge is 2.36. The molecule has 0 aromatic heterocycles. The monoisotopic (exact) mass is 530 g/mol. The lowest BCUT2D eigenvalue weighted by atomic mass is 9.97. The number of nitrogens with one attached hydrogen (secondary N) is 2. The summed E-state index contributed by atoms with van der Waals surface area (Å²) in [6.07, 6.45) is -1.21. The van der Waals surface area contributed by atoms with Gasteiger partial charge in [-0.1, -0.05) is 30.3 Å². The molecular weight excluding hydrogens is 493 g/mol. The number of fused-ring (bicyclic) bond motifs is 1. The van der Waals surface area contributed by atoms with Crippen molar-refractivity contribution in [3.8, 4) is 0 Å². The number of carbonyl (C=O) groups is 1. The summed E-state index contributed by atoms with van der Waals surface area (Å²) in [5.41, 5.74) is 2.81. The number of halogens is 3. The number of carbonyl (C=O) groups excluding carboxylic acids is 1. The number of nitrogens with zero attached hydrogens (tertiary/aromatic N) is 2. The topological polar surface area (TPSA) is 56.8 Å². The summed E-state index contributed by atoms with van der Waals surface area (Å²) in [6.45, 7) is 6.54. The van der Waals surface area contributed by atoms with Crippen LogP contribution in [0, 0.1) is 5.92 Å². The highest BCUT2D eigenvalue weighted by Crippen LogP contribution is 2.34. The van der Waals surface area contributed by atoms with Crippen LogP contribution < -0.4 is 10.6 Å². The molecule has 2 aliphatic heterocycles. The Balaban J connectivity index is 1.31. The summed E-state index contributed by atoms with van der Waals surface area (Å²) in [7, 11) is 0. The first-order valence-corrected chi connectivity index (χ1v) is 13.6. The molecule has 2 atom stereocenters. The number of rotatable bonds is 9. The fraction of sp³-hybridized carbons (Fsp3) is 0.552. The summed E-state index contributed by atoms with van der Waals surface area (Å²) in [4.78, 5) is 17.7.